The molecule has 1 fully saturated rings. The summed E-state index contributed by atoms with van der Waals surface area (Å²) in [6.07, 6.45) is 0. The maximum atomic E-state index is 3.65. The lowest BCUT2D eigenvalue weighted by Gasteiger charge is -2.37. The van der Waals surface area contributed by atoms with Gasteiger partial charge in [0.2, 0.25) is 0 Å². The number of halogens is 1. The quantitative estimate of drug-likeness (QED) is 0.655. The van der Waals surface area contributed by atoms with Crippen molar-refractivity contribution < 1.29 is 0 Å². The third-order valence-corrected chi connectivity index (χ3v) is 4.12. The molecular formula is C16H17BrN2. The maximum Gasteiger partial charge on any atom is 0.0762 e. The maximum absolute atomic E-state index is 3.65. The Bertz CT molecular complexity index is 515. The molecule has 1 aliphatic rings. The van der Waals surface area contributed by atoms with Crippen LogP contribution in [0.2, 0.25) is 0 Å². The van der Waals surface area contributed by atoms with Crippen LogP contribution in [0.5, 0.6) is 0 Å². The minimum absolute atomic E-state index is 0.279. The van der Waals surface area contributed by atoms with Crippen molar-refractivity contribution in [3.8, 4) is 0 Å². The molecule has 0 amide bonds. The van der Waals surface area contributed by atoms with E-state index in [0.29, 0.717) is 11.0 Å². The largest absolute Gasteiger partial charge is 0.306 e. The van der Waals surface area contributed by atoms with Crippen molar-refractivity contribution in [1.29, 1.82) is 0 Å². The lowest BCUT2D eigenvalue weighted by atomic mass is 9.92. The van der Waals surface area contributed by atoms with Crippen LogP contribution in [0.4, 0.5) is 0 Å². The van der Waals surface area contributed by atoms with Crippen molar-refractivity contribution in [2.75, 3.05) is 6.54 Å². The number of hydrogen-bond acceptors (Lipinski definition) is 2. The number of hydrogen-bond donors (Lipinski definition) is 2. The Kier molecular flexibility index (Phi) is 3.97. The van der Waals surface area contributed by atoms with Gasteiger partial charge in [-0.2, -0.15) is 0 Å². The predicted octanol–water partition coefficient (Wildman–Crippen LogP) is 3.38. The highest BCUT2D eigenvalue weighted by Crippen LogP contribution is 2.32. The van der Waals surface area contributed by atoms with Crippen LogP contribution in [0.15, 0.2) is 60.7 Å². The normalized spacial score (nSPS) is 27.1. The lowest BCUT2D eigenvalue weighted by molar-refractivity contribution is 0.321. The standard InChI is InChI=1S/C16H17BrN2/c17-14-11-18-15(12-7-3-1-4-8-12)16(19-14)13-9-5-2-6-10-13/h1-10,14-16,18-19H,11H2. The zero-order valence-corrected chi connectivity index (χ0v) is 12.2. The predicted molar refractivity (Wildman–Crippen MR) is 82.2 cm³/mol. The molecule has 0 spiro atoms. The summed E-state index contributed by atoms with van der Waals surface area (Å²) in [5, 5.41) is 7.26. The van der Waals surface area contributed by atoms with Gasteiger partial charge in [-0.25, -0.2) is 0 Å². The summed E-state index contributed by atoms with van der Waals surface area (Å²) in [4.78, 5) is 0.303. The number of piperazine rings is 1. The zero-order chi connectivity index (χ0) is 13.1. The molecule has 2 aromatic carbocycles. The van der Waals surface area contributed by atoms with Crippen LogP contribution in [0, 0.1) is 0 Å². The highest BCUT2D eigenvalue weighted by atomic mass is 79.9. The Balaban J connectivity index is 1.93. The number of rotatable bonds is 2. The second-order valence-electron chi connectivity index (χ2n) is 4.82. The van der Waals surface area contributed by atoms with Gasteiger partial charge in [0.25, 0.3) is 0 Å². The molecular weight excluding hydrogens is 300 g/mol. The molecule has 19 heavy (non-hydrogen) atoms. The van der Waals surface area contributed by atoms with Gasteiger partial charge in [-0.05, 0) is 11.1 Å². The fourth-order valence-corrected chi connectivity index (χ4v) is 3.09. The van der Waals surface area contributed by atoms with Crippen LogP contribution in [0.25, 0.3) is 0 Å². The van der Waals surface area contributed by atoms with Crippen molar-refractivity contribution in [2.45, 2.75) is 17.0 Å². The Hall–Kier alpha value is -1.16. The van der Waals surface area contributed by atoms with Gasteiger partial charge in [0.15, 0.2) is 0 Å². The second kappa shape index (κ2) is 5.87. The first-order chi connectivity index (χ1) is 9.34. The molecule has 2 aromatic rings. The van der Waals surface area contributed by atoms with E-state index in [9.17, 15) is 0 Å². The first-order valence-corrected chi connectivity index (χ1v) is 7.49. The summed E-state index contributed by atoms with van der Waals surface area (Å²) in [5.74, 6) is 0. The molecule has 3 atom stereocenters. The van der Waals surface area contributed by atoms with Crippen molar-refractivity contribution in [1.82, 2.24) is 10.6 Å². The fourth-order valence-electron chi connectivity index (χ4n) is 2.62. The van der Waals surface area contributed by atoms with Crippen molar-refractivity contribution in [3.05, 3.63) is 71.8 Å². The van der Waals surface area contributed by atoms with Crippen LogP contribution in [-0.4, -0.2) is 11.5 Å². The SMILES string of the molecule is BrC1CNC(c2ccccc2)C(c2ccccc2)N1. The lowest BCUT2D eigenvalue weighted by Crippen LogP contribution is -2.49. The van der Waals surface area contributed by atoms with Gasteiger partial charge in [0.1, 0.15) is 0 Å². The van der Waals surface area contributed by atoms with Gasteiger partial charge < -0.3 is 5.32 Å². The van der Waals surface area contributed by atoms with E-state index in [2.05, 4.69) is 87.2 Å². The van der Waals surface area contributed by atoms with E-state index < -0.39 is 0 Å². The molecule has 2 N–H and O–H groups in total. The number of alkyl halides is 1. The molecule has 0 aromatic heterocycles. The Labute approximate surface area is 122 Å². The van der Waals surface area contributed by atoms with Crippen LogP contribution >= 0.6 is 15.9 Å². The van der Waals surface area contributed by atoms with E-state index in [0.717, 1.165) is 6.54 Å². The van der Waals surface area contributed by atoms with E-state index in [1.54, 1.807) is 0 Å². The number of benzene rings is 2. The third-order valence-electron chi connectivity index (χ3n) is 3.53. The molecule has 1 saturated heterocycles. The summed E-state index contributed by atoms with van der Waals surface area (Å²) < 4.78 is 0. The molecule has 0 aliphatic carbocycles. The van der Waals surface area contributed by atoms with E-state index in [4.69, 9.17) is 0 Å². The molecule has 3 rings (SSSR count). The molecule has 1 heterocycles. The molecule has 3 heteroatoms. The van der Waals surface area contributed by atoms with Gasteiger partial charge in [0, 0.05) is 6.54 Å². The average molecular weight is 317 g/mol. The number of nitrogens with one attached hydrogen (secondary N) is 2. The van der Waals surface area contributed by atoms with Gasteiger partial charge >= 0.3 is 0 Å². The van der Waals surface area contributed by atoms with Crippen LogP contribution < -0.4 is 10.6 Å². The zero-order valence-electron chi connectivity index (χ0n) is 10.6. The Morgan fingerprint density at radius 2 is 1.32 bits per heavy atom. The van der Waals surface area contributed by atoms with Crippen molar-refractivity contribution in [3.63, 3.8) is 0 Å². The van der Waals surface area contributed by atoms with Gasteiger partial charge in [-0.15, -0.1) is 0 Å². The Morgan fingerprint density at radius 3 is 1.89 bits per heavy atom. The monoisotopic (exact) mass is 316 g/mol. The highest BCUT2D eigenvalue weighted by Gasteiger charge is 2.30. The molecule has 98 valence electrons. The topological polar surface area (TPSA) is 24.1 Å². The van der Waals surface area contributed by atoms with Gasteiger partial charge in [-0.3, -0.25) is 5.32 Å². The van der Waals surface area contributed by atoms with Crippen molar-refractivity contribution in [2.24, 2.45) is 0 Å². The van der Waals surface area contributed by atoms with E-state index >= 15 is 0 Å². The minimum atomic E-state index is 0.279. The summed E-state index contributed by atoms with van der Waals surface area (Å²) in [5.41, 5.74) is 2.64. The first kappa shape index (κ1) is 12.9. The summed E-state index contributed by atoms with van der Waals surface area (Å²) in [7, 11) is 0. The first-order valence-electron chi connectivity index (χ1n) is 6.58. The van der Waals surface area contributed by atoms with Crippen LogP contribution in [0.3, 0.4) is 0 Å². The fraction of sp³-hybridized carbons (Fsp3) is 0.250. The van der Waals surface area contributed by atoms with Crippen LogP contribution in [0.1, 0.15) is 23.2 Å². The summed E-state index contributed by atoms with van der Waals surface area (Å²) in [6, 6.07) is 21.8. The van der Waals surface area contributed by atoms with Crippen LogP contribution in [-0.2, 0) is 0 Å². The molecule has 0 saturated carbocycles. The van der Waals surface area contributed by atoms with Gasteiger partial charge in [0.05, 0.1) is 17.0 Å². The average Bonchev–Trinajstić information content (AvgIpc) is 2.49. The van der Waals surface area contributed by atoms with E-state index in [1.807, 2.05) is 0 Å². The Morgan fingerprint density at radius 1 is 0.789 bits per heavy atom. The third kappa shape index (κ3) is 2.89. The molecule has 1 aliphatic heterocycles. The molecule has 0 radical (unpaired) electrons. The molecule has 3 unspecified atom stereocenters. The second-order valence-corrected chi connectivity index (χ2v) is 5.92. The summed E-state index contributed by atoms with van der Waals surface area (Å²) in [6.45, 7) is 0.920. The highest BCUT2D eigenvalue weighted by molar-refractivity contribution is 9.09. The smallest absolute Gasteiger partial charge is 0.0762 e. The molecule has 2 nitrogen and oxygen atoms in total. The minimum Gasteiger partial charge on any atom is -0.306 e. The van der Waals surface area contributed by atoms with Gasteiger partial charge in [-0.1, -0.05) is 76.6 Å². The van der Waals surface area contributed by atoms with E-state index in [-0.39, 0.29) is 6.04 Å². The van der Waals surface area contributed by atoms with E-state index in [1.165, 1.54) is 11.1 Å². The van der Waals surface area contributed by atoms with Crippen molar-refractivity contribution >= 4 is 15.9 Å². The molecule has 0 bridgehead atoms. The summed E-state index contributed by atoms with van der Waals surface area (Å²) >= 11 is 3.65.